The first kappa shape index (κ1) is 19.6. The molecule has 0 amide bonds. The van der Waals surface area contributed by atoms with Crippen LogP contribution in [0, 0.1) is 6.92 Å². The molecule has 0 saturated heterocycles. The van der Waals surface area contributed by atoms with Crippen molar-refractivity contribution in [1.82, 2.24) is 0 Å². The number of aryl methyl sites for hydroxylation is 1. The van der Waals surface area contributed by atoms with Gasteiger partial charge in [-0.1, -0.05) is 26.6 Å². The first-order valence-corrected chi connectivity index (χ1v) is 7.24. The average molecular weight is 313 g/mol. The Balaban J connectivity index is -0.000000333. The van der Waals surface area contributed by atoms with Gasteiger partial charge in [-0.2, -0.15) is 17.7 Å². The maximum Gasteiger partial charge on any atom is 3.00 e. The van der Waals surface area contributed by atoms with Crippen LogP contribution in [0.1, 0.15) is 5.56 Å². The number of rotatable bonds is 1. The van der Waals surface area contributed by atoms with Gasteiger partial charge in [-0.05, 0) is 0 Å². The van der Waals surface area contributed by atoms with Crippen molar-refractivity contribution in [3.8, 4) is 0 Å². The maximum absolute atomic E-state index is 2.38. The Bertz CT molecular complexity index is 228. The molecule has 0 N–H and O–H groups in total. The molecule has 0 aliphatic heterocycles. The van der Waals surface area contributed by atoms with Gasteiger partial charge in [-0.25, -0.2) is 11.3 Å². The molecule has 0 bridgehead atoms. The molecule has 1 radical (unpaired) electrons. The van der Waals surface area contributed by atoms with E-state index in [-0.39, 0.29) is 51.0 Å². The monoisotopic (exact) mass is 311 g/mol. The smallest absolute Gasteiger partial charge is 1.00 e. The van der Waals surface area contributed by atoms with Crippen LogP contribution in [0.5, 0.6) is 0 Å². The van der Waals surface area contributed by atoms with Crippen LogP contribution in [-0.2, 0) is 26.2 Å². The summed E-state index contributed by atoms with van der Waals surface area (Å²) in [4.78, 5) is 0. The van der Waals surface area contributed by atoms with Gasteiger partial charge in [0.2, 0.25) is 0 Å². The zero-order valence-corrected chi connectivity index (χ0v) is 13.5. The number of halogens is 2. The summed E-state index contributed by atoms with van der Waals surface area (Å²) in [5, 5.41) is 1.57. The summed E-state index contributed by atoms with van der Waals surface area (Å²) in [6, 6.07) is 6.78. The Labute approximate surface area is 114 Å². The standard InChI is InChI=1S/C9H15Si.2ClH.Zr/c1-8-5-6-9(7-8)10(2,3)4;;;/h5-7H,1-4H3;2*1H;/q-1;;;+3/p-2. The fourth-order valence-corrected chi connectivity index (χ4v) is 2.27. The van der Waals surface area contributed by atoms with Crippen LogP contribution in [0.3, 0.4) is 0 Å². The first-order valence-electron chi connectivity index (χ1n) is 3.74. The Morgan fingerprint density at radius 1 is 1.15 bits per heavy atom. The van der Waals surface area contributed by atoms with Gasteiger partial charge >= 0.3 is 26.2 Å². The Morgan fingerprint density at radius 3 is 1.77 bits per heavy atom. The van der Waals surface area contributed by atoms with Crippen molar-refractivity contribution >= 4 is 13.3 Å². The zero-order chi connectivity index (χ0) is 7.78. The molecule has 0 nitrogen and oxygen atoms in total. The van der Waals surface area contributed by atoms with Crippen LogP contribution in [0.25, 0.3) is 0 Å². The molecule has 1 aromatic rings. The molecule has 0 aromatic heterocycles. The molecule has 0 spiro atoms. The predicted molar refractivity (Wildman–Crippen MR) is 49.8 cm³/mol. The van der Waals surface area contributed by atoms with Crippen LogP contribution in [0.4, 0.5) is 0 Å². The third-order valence-corrected chi connectivity index (χ3v) is 3.82. The SMILES string of the molecule is C[c-]1ccc([Si](C)(C)C)c1.[Cl-].[Cl-].[Zr+3]. The third kappa shape index (κ3) is 6.17. The second kappa shape index (κ2) is 7.34. The molecule has 1 aromatic carbocycles. The maximum atomic E-state index is 2.38. The Hall–Kier alpha value is 1.03. The summed E-state index contributed by atoms with van der Waals surface area (Å²) in [7, 11) is -1.01. The second-order valence-corrected chi connectivity index (χ2v) is 9.00. The summed E-state index contributed by atoms with van der Waals surface area (Å²) in [6.07, 6.45) is 0. The molecule has 0 heterocycles. The summed E-state index contributed by atoms with van der Waals surface area (Å²) < 4.78 is 0. The first-order chi connectivity index (χ1) is 4.50. The van der Waals surface area contributed by atoms with Crippen molar-refractivity contribution < 1.29 is 51.0 Å². The van der Waals surface area contributed by atoms with E-state index in [1.165, 1.54) is 5.56 Å². The third-order valence-electron chi connectivity index (χ3n) is 1.77. The fraction of sp³-hybridized carbons (Fsp3) is 0.444. The van der Waals surface area contributed by atoms with Crippen LogP contribution < -0.4 is 30.0 Å². The summed E-state index contributed by atoms with van der Waals surface area (Å²) in [5.41, 5.74) is 1.40. The van der Waals surface area contributed by atoms with E-state index in [9.17, 15) is 0 Å². The Morgan fingerprint density at radius 2 is 1.62 bits per heavy atom. The van der Waals surface area contributed by atoms with E-state index in [4.69, 9.17) is 0 Å². The normalized spacial score (nSPS) is 9.23. The zero-order valence-electron chi connectivity index (χ0n) is 8.49. The molecule has 4 heteroatoms. The van der Waals surface area contributed by atoms with Gasteiger partial charge in [-0.3, -0.25) is 0 Å². The molecule has 0 unspecified atom stereocenters. The van der Waals surface area contributed by atoms with Gasteiger partial charge in [0.25, 0.3) is 0 Å². The minimum absolute atomic E-state index is 0. The van der Waals surface area contributed by atoms with Gasteiger partial charge in [0.1, 0.15) is 0 Å². The quantitative estimate of drug-likeness (QED) is 0.369. The van der Waals surface area contributed by atoms with Gasteiger partial charge in [0, 0.05) is 8.07 Å². The van der Waals surface area contributed by atoms with Crippen molar-refractivity contribution in [3.05, 3.63) is 23.8 Å². The molecule has 1 rings (SSSR count). The van der Waals surface area contributed by atoms with Crippen molar-refractivity contribution in [2.75, 3.05) is 0 Å². The van der Waals surface area contributed by atoms with E-state index in [2.05, 4.69) is 44.8 Å². The van der Waals surface area contributed by atoms with Crippen LogP contribution in [0.2, 0.25) is 19.6 Å². The Kier molecular flexibility index (Phi) is 11.1. The minimum Gasteiger partial charge on any atom is -1.00 e. The predicted octanol–water partition coefficient (Wildman–Crippen LogP) is -3.74. The van der Waals surface area contributed by atoms with Crippen molar-refractivity contribution in [1.29, 1.82) is 0 Å². The van der Waals surface area contributed by atoms with Gasteiger partial charge in [-0.15, -0.1) is 0 Å². The van der Waals surface area contributed by atoms with E-state index >= 15 is 0 Å². The van der Waals surface area contributed by atoms with Crippen molar-refractivity contribution in [2.45, 2.75) is 26.6 Å². The van der Waals surface area contributed by atoms with Crippen LogP contribution in [-0.4, -0.2) is 8.07 Å². The van der Waals surface area contributed by atoms with Gasteiger partial charge < -0.3 is 24.8 Å². The van der Waals surface area contributed by atoms with E-state index in [1.807, 2.05) is 0 Å². The molecule has 0 fully saturated rings. The molecule has 73 valence electrons. The largest absolute Gasteiger partial charge is 3.00 e. The molecular formula is C9H15Cl2SiZr. The van der Waals surface area contributed by atoms with Crippen molar-refractivity contribution in [3.63, 3.8) is 0 Å². The van der Waals surface area contributed by atoms with Crippen LogP contribution in [0.15, 0.2) is 18.2 Å². The minimum atomic E-state index is -1.01. The van der Waals surface area contributed by atoms with Crippen LogP contribution >= 0.6 is 0 Å². The summed E-state index contributed by atoms with van der Waals surface area (Å²) in [5.74, 6) is 0. The second-order valence-electron chi connectivity index (χ2n) is 3.93. The molecule has 0 saturated carbocycles. The van der Waals surface area contributed by atoms with E-state index in [0.717, 1.165) is 0 Å². The van der Waals surface area contributed by atoms with Gasteiger partial charge in [0.05, 0.1) is 0 Å². The molecule has 0 atom stereocenters. The van der Waals surface area contributed by atoms with Gasteiger partial charge in [0.15, 0.2) is 0 Å². The number of hydrogen-bond acceptors (Lipinski definition) is 0. The van der Waals surface area contributed by atoms with E-state index in [1.54, 1.807) is 5.19 Å². The van der Waals surface area contributed by atoms with E-state index < -0.39 is 8.07 Å². The topological polar surface area (TPSA) is 0 Å². The van der Waals surface area contributed by atoms with E-state index in [0.29, 0.717) is 0 Å². The average Bonchev–Trinajstić information content (AvgIpc) is 2.11. The molecule has 0 aliphatic rings. The number of hydrogen-bond donors (Lipinski definition) is 0. The summed E-state index contributed by atoms with van der Waals surface area (Å²) in [6.45, 7) is 9.29. The molecular weight excluding hydrogens is 298 g/mol. The van der Waals surface area contributed by atoms with Crippen molar-refractivity contribution in [2.24, 2.45) is 0 Å². The summed E-state index contributed by atoms with van der Waals surface area (Å²) >= 11 is 0. The molecule has 0 aliphatic carbocycles. The molecule has 13 heavy (non-hydrogen) atoms. The fourth-order valence-electron chi connectivity index (χ4n) is 1.03.